The number of nitrogens with one attached hydrogen (secondary N) is 3. The lowest BCUT2D eigenvalue weighted by atomic mass is 10.2. The van der Waals surface area contributed by atoms with Gasteiger partial charge in [0.1, 0.15) is 0 Å². The molecule has 0 saturated carbocycles. The first-order chi connectivity index (χ1) is 15.0. The maximum atomic E-state index is 12.4. The molecule has 2 aromatic heterocycles. The molecule has 0 aliphatic heterocycles. The molecule has 0 bridgehead atoms. The SMILES string of the molecule is Br.CC(=O)Nc1ccc(Nc2nc(-c3sc(NC(=O)c4ccccc4)nc3C)cs2)cc1. The second-order valence-corrected chi connectivity index (χ2v) is 8.53. The van der Waals surface area contributed by atoms with E-state index in [0.29, 0.717) is 10.7 Å². The molecule has 2 amide bonds. The summed E-state index contributed by atoms with van der Waals surface area (Å²) in [7, 11) is 0. The molecule has 0 fully saturated rings. The number of hydrogen-bond donors (Lipinski definition) is 3. The molecule has 32 heavy (non-hydrogen) atoms. The molecule has 2 heterocycles. The van der Waals surface area contributed by atoms with Crippen molar-refractivity contribution in [1.29, 1.82) is 0 Å². The van der Waals surface area contributed by atoms with Crippen molar-refractivity contribution in [2.45, 2.75) is 13.8 Å². The average Bonchev–Trinajstić information content (AvgIpc) is 3.35. The quantitative estimate of drug-likeness (QED) is 0.280. The number of anilines is 4. The van der Waals surface area contributed by atoms with Gasteiger partial charge in [-0.1, -0.05) is 29.5 Å². The Labute approximate surface area is 203 Å². The first-order valence-electron chi connectivity index (χ1n) is 9.42. The topological polar surface area (TPSA) is 96.0 Å². The molecule has 0 spiro atoms. The summed E-state index contributed by atoms with van der Waals surface area (Å²) in [5.74, 6) is -0.297. The third-order valence-corrected chi connectivity index (χ3v) is 6.10. The zero-order chi connectivity index (χ0) is 21.8. The van der Waals surface area contributed by atoms with Gasteiger partial charge in [0.05, 0.1) is 16.3 Å². The van der Waals surface area contributed by atoms with Crippen LogP contribution in [0.3, 0.4) is 0 Å². The van der Waals surface area contributed by atoms with E-state index in [9.17, 15) is 9.59 Å². The van der Waals surface area contributed by atoms with Crippen LogP contribution in [0.25, 0.3) is 10.6 Å². The molecule has 10 heteroatoms. The molecule has 0 unspecified atom stereocenters. The normalized spacial score (nSPS) is 10.2. The minimum absolute atomic E-state index is 0. The monoisotopic (exact) mass is 529 g/mol. The maximum Gasteiger partial charge on any atom is 0.257 e. The molecule has 0 aliphatic carbocycles. The average molecular weight is 530 g/mol. The number of thiazole rings is 2. The van der Waals surface area contributed by atoms with Gasteiger partial charge in [0.25, 0.3) is 5.91 Å². The van der Waals surface area contributed by atoms with E-state index < -0.39 is 0 Å². The van der Waals surface area contributed by atoms with Gasteiger partial charge in [-0.25, -0.2) is 9.97 Å². The zero-order valence-corrected chi connectivity index (χ0v) is 20.6. The summed E-state index contributed by atoms with van der Waals surface area (Å²) in [6, 6.07) is 16.4. The van der Waals surface area contributed by atoms with Crippen LogP contribution in [0.15, 0.2) is 60.0 Å². The zero-order valence-electron chi connectivity index (χ0n) is 17.2. The molecule has 7 nitrogen and oxygen atoms in total. The predicted octanol–water partition coefficient (Wildman–Crippen LogP) is 6.11. The molecule has 164 valence electrons. The number of halogens is 1. The van der Waals surface area contributed by atoms with Crippen molar-refractivity contribution in [3.63, 3.8) is 0 Å². The van der Waals surface area contributed by atoms with E-state index in [1.807, 2.05) is 54.8 Å². The van der Waals surface area contributed by atoms with Crippen molar-refractivity contribution in [2.75, 3.05) is 16.0 Å². The standard InChI is InChI=1S/C22H19N5O2S2.BrH/c1-13-19(31-22(23-13)27-20(29)15-6-4-3-5-7-15)18-12-30-21(26-18)25-17-10-8-16(9-11-17)24-14(2)28;/h3-12H,1-2H3,(H,24,28)(H,25,26)(H,23,27,29);1H. The largest absolute Gasteiger partial charge is 0.332 e. The van der Waals surface area contributed by atoms with Crippen LogP contribution in [0.5, 0.6) is 0 Å². The lowest BCUT2D eigenvalue weighted by Gasteiger charge is -2.05. The van der Waals surface area contributed by atoms with Crippen LogP contribution in [0.4, 0.5) is 21.6 Å². The number of aromatic nitrogens is 2. The van der Waals surface area contributed by atoms with Gasteiger partial charge >= 0.3 is 0 Å². The van der Waals surface area contributed by atoms with Crippen LogP contribution < -0.4 is 16.0 Å². The number of hydrogen-bond acceptors (Lipinski definition) is 7. The number of carbonyl (C=O) groups excluding carboxylic acids is 2. The summed E-state index contributed by atoms with van der Waals surface area (Å²) in [5, 5.41) is 12.1. The van der Waals surface area contributed by atoms with Crippen molar-refractivity contribution in [3.05, 3.63) is 71.2 Å². The predicted molar refractivity (Wildman–Crippen MR) is 137 cm³/mol. The fourth-order valence-electron chi connectivity index (χ4n) is 2.85. The van der Waals surface area contributed by atoms with Gasteiger partial charge in [-0.05, 0) is 43.3 Å². The molecular formula is C22H20BrN5O2S2. The van der Waals surface area contributed by atoms with Crippen LogP contribution in [-0.4, -0.2) is 21.8 Å². The molecule has 0 radical (unpaired) electrons. The van der Waals surface area contributed by atoms with Gasteiger partial charge in [-0.3, -0.25) is 14.9 Å². The van der Waals surface area contributed by atoms with Crippen LogP contribution in [0.1, 0.15) is 23.0 Å². The van der Waals surface area contributed by atoms with E-state index in [0.717, 1.165) is 32.8 Å². The third kappa shape index (κ3) is 5.78. The molecule has 3 N–H and O–H groups in total. The molecule has 4 aromatic rings. The highest BCUT2D eigenvalue weighted by atomic mass is 79.9. The smallest absolute Gasteiger partial charge is 0.257 e. The van der Waals surface area contributed by atoms with Gasteiger partial charge < -0.3 is 10.6 Å². The summed E-state index contributed by atoms with van der Waals surface area (Å²) >= 11 is 2.88. The van der Waals surface area contributed by atoms with Crippen molar-refractivity contribution in [1.82, 2.24) is 9.97 Å². The van der Waals surface area contributed by atoms with E-state index in [4.69, 9.17) is 0 Å². The number of benzene rings is 2. The van der Waals surface area contributed by atoms with Gasteiger partial charge in [0.15, 0.2) is 10.3 Å². The number of nitrogens with zero attached hydrogens (tertiary/aromatic N) is 2. The Balaban J connectivity index is 0.00000289. The Morgan fingerprint density at radius 2 is 1.56 bits per heavy atom. The molecule has 0 aliphatic rings. The summed E-state index contributed by atoms with van der Waals surface area (Å²) in [6.07, 6.45) is 0. The Morgan fingerprint density at radius 1 is 0.875 bits per heavy atom. The fourth-order valence-corrected chi connectivity index (χ4v) is 4.56. The third-order valence-electron chi connectivity index (χ3n) is 4.25. The first-order valence-corrected chi connectivity index (χ1v) is 11.1. The van der Waals surface area contributed by atoms with Gasteiger partial charge in [-0.2, -0.15) is 0 Å². The molecular weight excluding hydrogens is 510 g/mol. The highest BCUT2D eigenvalue weighted by Gasteiger charge is 2.15. The van der Waals surface area contributed by atoms with Gasteiger partial charge in [-0.15, -0.1) is 28.3 Å². The lowest BCUT2D eigenvalue weighted by Crippen LogP contribution is -2.11. The highest BCUT2D eigenvalue weighted by Crippen LogP contribution is 2.35. The second-order valence-electron chi connectivity index (χ2n) is 6.68. The molecule has 0 saturated heterocycles. The minimum Gasteiger partial charge on any atom is -0.332 e. The van der Waals surface area contributed by atoms with E-state index >= 15 is 0 Å². The number of carbonyl (C=O) groups is 2. The van der Waals surface area contributed by atoms with Crippen LogP contribution in [0, 0.1) is 6.92 Å². The minimum atomic E-state index is -0.191. The van der Waals surface area contributed by atoms with Crippen molar-refractivity contribution in [3.8, 4) is 10.6 Å². The van der Waals surface area contributed by atoms with Crippen LogP contribution in [-0.2, 0) is 4.79 Å². The lowest BCUT2D eigenvalue weighted by molar-refractivity contribution is -0.114. The number of aryl methyl sites for hydroxylation is 1. The van der Waals surface area contributed by atoms with Crippen LogP contribution >= 0.6 is 39.7 Å². The summed E-state index contributed by atoms with van der Waals surface area (Å²) in [5.41, 5.74) is 3.80. The molecule has 4 rings (SSSR count). The highest BCUT2D eigenvalue weighted by molar-refractivity contribution is 8.93. The second kappa shape index (κ2) is 10.5. The van der Waals surface area contributed by atoms with Crippen molar-refractivity contribution < 1.29 is 9.59 Å². The first kappa shape index (κ1) is 23.6. The Morgan fingerprint density at radius 3 is 2.25 bits per heavy atom. The summed E-state index contributed by atoms with van der Waals surface area (Å²) in [6.45, 7) is 3.38. The van der Waals surface area contributed by atoms with E-state index in [-0.39, 0.29) is 28.8 Å². The molecule has 0 atom stereocenters. The van der Waals surface area contributed by atoms with Crippen molar-refractivity contribution >= 4 is 73.1 Å². The fraction of sp³-hybridized carbons (Fsp3) is 0.0909. The number of rotatable bonds is 6. The van der Waals surface area contributed by atoms with E-state index in [2.05, 4.69) is 25.9 Å². The summed E-state index contributed by atoms with van der Waals surface area (Å²) in [4.78, 5) is 33.5. The van der Waals surface area contributed by atoms with E-state index in [1.165, 1.54) is 29.6 Å². The summed E-state index contributed by atoms with van der Waals surface area (Å²) < 4.78 is 0. The van der Waals surface area contributed by atoms with E-state index in [1.54, 1.807) is 12.1 Å². The van der Waals surface area contributed by atoms with Crippen molar-refractivity contribution in [2.24, 2.45) is 0 Å². The van der Waals surface area contributed by atoms with Gasteiger partial charge in [0, 0.05) is 29.2 Å². The Bertz CT molecular complexity index is 1220. The van der Waals surface area contributed by atoms with Crippen LogP contribution in [0.2, 0.25) is 0 Å². The Hall–Kier alpha value is -3.08. The van der Waals surface area contributed by atoms with Gasteiger partial charge in [0.2, 0.25) is 5.91 Å². The Kier molecular flexibility index (Phi) is 7.73. The maximum absolute atomic E-state index is 12.4. The molecule has 2 aromatic carbocycles. The number of amides is 2.